The summed E-state index contributed by atoms with van der Waals surface area (Å²) in [5.41, 5.74) is 2.83. The first-order valence-electron chi connectivity index (χ1n) is 6.17. The Labute approximate surface area is 109 Å². The van der Waals surface area contributed by atoms with E-state index >= 15 is 0 Å². The number of Topliss-reactive ketones (excluding diaryl/α,β-unsaturated/α-hetero) is 1. The molecule has 0 heterocycles. The quantitative estimate of drug-likeness (QED) is 0.727. The lowest BCUT2D eigenvalue weighted by Gasteiger charge is -2.14. The number of ketones is 1. The molecule has 1 rings (SSSR count). The van der Waals surface area contributed by atoms with Gasteiger partial charge in [0.1, 0.15) is 5.75 Å². The summed E-state index contributed by atoms with van der Waals surface area (Å²) >= 11 is 0. The van der Waals surface area contributed by atoms with Gasteiger partial charge in [0.05, 0.1) is 12.7 Å². The molecule has 0 bridgehead atoms. The van der Waals surface area contributed by atoms with E-state index in [0.29, 0.717) is 24.3 Å². The smallest absolute Gasteiger partial charge is 0.166 e. The molecule has 0 saturated heterocycles. The van der Waals surface area contributed by atoms with Crippen molar-refractivity contribution in [2.45, 2.75) is 27.2 Å². The molecule has 0 fully saturated rings. The first-order valence-corrected chi connectivity index (χ1v) is 6.17. The Balaban J connectivity index is 2.95. The standard InChI is InChI=1S/C15H22O3/c1-10(9-17-4)8-14(16)13-7-6-11(2)12(3)15(13)18-5/h6-7,10H,8-9H2,1-5H3. The average Bonchev–Trinajstić information content (AvgIpc) is 2.32. The first-order chi connectivity index (χ1) is 8.51. The molecule has 18 heavy (non-hydrogen) atoms. The summed E-state index contributed by atoms with van der Waals surface area (Å²) in [6.07, 6.45) is 0.479. The average molecular weight is 250 g/mol. The maximum atomic E-state index is 12.2. The van der Waals surface area contributed by atoms with E-state index < -0.39 is 0 Å². The molecule has 1 aromatic rings. The van der Waals surface area contributed by atoms with E-state index in [0.717, 1.165) is 11.1 Å². The summed E-state index contributed by atoms with van der Waals surface area (Å²) in [6.45, 7) is 6.59. The Bertz CT molecular complexity index is 424. The van der Waals surface area contributed by atoms with Crippen LogP contribution in [0.2, 0.25) is 0 Å². The number of ether oxygens (including phenoxy) is 2. The van der Waals surface area contributed by atoms with Gasteiger partial charge in [0.15, 0.2) is 5.78 Å². The van der Waals surface area contributed by atoms with Crippen LogP contribution in [0.15, 0.2) is 12.1 Å². The minimum atomic E-state index is 0.111. The summed E-state index contributed by atoms with van der Waals surface area (Å²) in [5, 5.41) is 0. The molecule has 0 aliphatic carbocycles. The molecule has 0 aromatic heterocycles. The van der Waals surface area contributed by atoms with Gasteiger partial charge in [0.25, 0.3) is 0 Å². The van der Waals surface area contributed by atoms with Gasteiger partial charge in [0, 0.05) is 20.1 Å². The Hall–Kier alpha value is -1.35. The molecule has 3 heteroatoms. The maximum absolute atomic E-state index is 12.2. The van der Waals surface area contributed by atoms with Crippen LogP contribution in [0.1, 0.15) is 34.8 Å². The van der Waals surface area contributed by atoms with Gasteiger partial charge in [-0.3, -0.25) is 4.79 Å². The molecule has 0 saturated carbocycles. The topological polar surface area (TPSA) is 35.5 Å². The molecule has 0 amide bonds. The molecule has 0 spiro atoms. The monoisotopic (exact) mass is 250 g/mol. The second-order valence-corrected chi connectivity index (χ2v) is 4.78. The number of benzene rings is 1. The molecular weight excluding hydrogens is 228 g/mol. The number of methoxy groups -OCH3 is 2. The number of aryl methyl sites for hydroxylation is 1. The fraction of sp³-hybridized carbons (Fsp3) is 0.533. The number of carbonyl (C=O) groups is 1. The molecule has 1 aromatic carbocycles. The van der Waals surface area contributed by atoms with Gasteiger partial charge < -0.3 is 9.47 Å². The van der Waals surface area contributed by atoms with Crippen molar-refractivity contribution in [1.29, 1.82) is 0 Å². The summed E-state index contributed by atoms with van der Waals surface area (Å²) in [6, 6.07) is 3.81. The molecular formula is C15H22O3. The van der Waals surface area contributed by atoms with Crippen LogP contribution in [0.5, 0.6) is 5.75 Å². The molecule has 0 aliphatic rings. The van der Waals surface area contributed by atoms with Gasteiger partial charge in [0.2, 0.25) is 0 Å². The van der Waals surface area contributed by atoms with Gasteiger partial charge in [-0.25, -0.2) is 0 Å². The fourth-order valence-electron chi connectivity index (χ4n) is 2.04. The third-order valence-electron chi connectivity index (χ3n) is 3.17. The van der Waals surface area contributed by atoms with Gasteiger partial charge in [-0.05, 0) is 37.0 Å². The normalized spacial score (nSPS) is 12.3. The van der Waals surface area contributed by atoms with Crippen molar-refractivity contribution >= 4 is 5.78 Å². The van der Waals surface area contributed by atoms with Crippen molar-refractivity contribution in [2.75, 3.05) is 20.8 Å². The van der Waals surface area contributed by atoms with E-state index in [9.17, 15) is 4.79 Å². The van der Waals surface area contributed by atoms with Crippen LogP contribution in [-0.4, -0.2) is 26.6 Å². The highest BCUT2D eigenvalue weighted by Gasteiger charge is 2.17. The number of hydrogen-bond donors (Lipinski definition) is 0. The predicted molar refractivity (Wildman–Crippen MR) is 72.5 cm³/mol. The van der Waals surface area contributed by atoms with E-state index in [1.165, 1.54) is 0 Å². The highest BCUT2D eigenvalue weighted by molar-refractivity contribution is 5.99. The van der Waals surface area contributed by atoms with Crippen molar-refractivity contribution in [3.05, 3.63) is 28.8 Å². The second-order valence-electron chi connectivity index (χ2n) is 4.78. The Morgan fingerprint density at radius 1 is 1.28 bits per heavy atom. The van der Waals surface area contributed by atoms with Gasteiger partial charge in [-0.2, -0.15) is 0 Å². The van der Waals surface area contributed by atoms with E-state index in [2.05, 4.69) is 0 Å². The van der Waals surface area contributed by atoms with E-state index in [4.69, 9.17) is 9.47 Å². The summed E-state index contributed by atoms with van der Waals surface area (Å²) in [5.74, 6) is 1.03. The zero-order valence-electron chi connectivity index (χ0n) is 11.9. The number of rotatable bonds is 6. The van der Waals surface area contributed by atoms with Crippen LogP contribution in [0.3, 0.4) is 0 Å². The highest BCUT2D eigenvalue weighted by Crippen LogP contribution is 2.27. The largest absolute Gasteiger partial charge is 0.496 e. The fourth-order valence-corrected chi connectivity index (χ4v) is 2.04. The van der Waals surface area contributed by atoms with Crippen LogP contribution < -0.4 is 4.74 Å². The summed E-state index contributed by atoms with van der Waals surface area (Å²) in [7, 11) is 3.26. The van der Waals surface area contributed by atoms with Crippen LogP contribution in [-0.2, 0) is 4.74 Å². The number of carbonyl (C=O) groups excluding carboxylic acids is 1. The van der Waals surface area contributed by atoms with E-state index in [1.54, 1.807) is 14.2 Å². The highest BCUT2D eigenvalue weighted by atomic mass is 16.5. The zero-order valence-corrected chi connectivity index (χ0v) is 11.9. The second kappa shape index (κ2) is 6.55. The molecule has 3 nitrogen and oxygen atoms in total. The first kappa shape index (κ1) is 14.7. The minimum Gasteiger partial charge on any atom is -0.496 e. The van der Waals surface area contributed by atoms with Crippen molar-refractivity contribution in [1.82, 2.24) is 0 Å². The summed E-state index contributed by atoms with van der Waals surface area (Å²) in [4.78, 5) is 12.2. The molecule has 1 atom stereocenters. The van der Waals surface area contributed by atoms with Crippen LogP contribution in [0, 0.1) is 19.8 Å². The Morgan fingerprint density at radius 2 is 1.94 bits per heavy atom. The van der Waals surface area contributed by atoms with E-state index in [-0.39, 0.29) is 11.7 Å². The van der Waals surface area contributed by atoms with Crippen LogP contribution >= 0.6 is 0 Å². The van der Waals surface area contributed by atoms with Crippen molar-refractivity contribution < 1.29 is 14.3 Å². The van der Waals surface area contributed by atoms with Gasteiger partial charge in [-0.15, -0.1) is 0 Å². The Kier molecular flexibility index (Phi) is 5.35. The van der Waals surface area contributed by atoms with E-state index in [1.807, 2.05) is 32.9 Å². The third kappa shape index (κ3) is 3.33. The molecule has 100 valence electrons. The maximum Gasteiger partial charge on any atom is 0.166 e. The van der Waals surface area contributed by atoms with Crippen molar-refractivity contribution in [3.63, 3.8) is 0 Å². The molecule has 0 N–H and O–H groups in total. The van der Waals surface area contributed by atoms with Gasteiger partial charge >= 0.3 is 0 Å². The Morgan fingerprint density at radius 3 is 2.50 bits per heavy atom. The lowest BCUT2D eigenvalue weighted by atomic mass is 9.96. The molecule has 0 radical (unpaired) electrons. The van der Waals surface area contributed by atoms with Crippen molar-refractivity contribution in [3.8, 4) is 5.75 Å². The lowest BCUT2D eigenvalue weighted by Crippen LogP contribution is -2.12. The molecule has 0 aliphatic heterocycles. The van der Waals surface area contributed by atoms with Crippen LogP contribution in [0.4, 0.5) is 0 Å². The molecule has 1 unspecified atom stereocenters. The number of hydrogen-bond acceptors (Lipinski definition) is 3. The zero-order chi connectivity index (χ0) is 13.7. The predicted octanol–water partition coefficient (Wildman–Crippen LogP) is 3.17. The minimum absolute atomic E-state index is 0.111. The SMILES string of the molecule is COCC(C)CC(=O)c1ccc(C)c(C)c1OC. The summed E-state index contributed by atoms with van der Waals surface area (Å²) < 4.78 is 10.4. The van der Waals surface area contributed by atoms with Crippen LogP contribution in [0.25, 0.3) is 0 Å². The lowest BCUT2D eigenvalue weighted by molar-refractivity contribution is 0.0917. The van der Waals surface area contributed by atoms with Crippen molar-refractivity contribution in [2.24, 2.45) is 5.92 Å². The van der Waals surface area contributed by atoms with Gasteiger partial charge in [-0.1, -0.05) is 13.0 Å². The third-order valence-corrected chi connectivity index (χ3v) is 3.17.